The van der Waals surface area contributed by atoms with Gasteiger partial charge in [0, 0.05) is 19.6 Å². The quantitative estimate of drug-likeness (QED) is 0.351. The smallest absolute Gasteiger partial charge is 0.331 e. The third-order valence-corrected chi connectivity index (χ3v) is 2.92. The van der Waals surface area contributed by atoms with Crippen LogP contribution >= 0.6 is 0 Å². The van der Waals surface area contributed by atoms with Crippen LogP contribution in [0.4, 0.5) is 0 Å². The summed E-state index contributed by atoms with van der Waals surface area (Å²) >= 11 is 0. The van der Waals surface area contributed by atoms with E-state index >= 15 is 0 Å². The molecular formula is C12H19NO5. The van der Waals surface area contributed by atoms with Crippen LogP contribution in [-0.4, -0.2) is 56.0 Å². The number of hydrogen-bond donors (Lipinski definition) is 0. The lowest BCUT2D eigenvalue weighted by Crippen LogP contribution is -2.34. The minimum atomic E-state index is -0.397. The molecule has 0 bridgehead atoms. The summed E-state index contributed by atoms with van der Waals surface area (Å²) in [6.07, 6.45) is 3.42. The minimum absolute atomic E-state index is 0.0441. The maximum absolute atomic E-state index is 11.5. The lowest BCUT2D eigenvalue weighted by atomic mass is 10.2. The van der Waals surface area contributed by atoms with Crippen molar-refractivity contribution in [1.82, 2.24) is 4.90 Å². The monoisotopic (exact) mass is 257 g/mol. The minimum Gasteiger partial charge on any atom is -0.467 e. The molecule has 0 aromatic heterocycles. The van der Waals surface area contributed by atoms with Gasteiger partial charge in [-0.25, -0.2) is 4.79 Å². The van der Waals surface area contributed by atoms with Gasteiger partial charge in [-0.1, -0.05) is 0 Å². The fourth-order valence-electron chi connectivity index (χ4n) is 1.89. The maximum Gasteiger partial charge on any atom is 0.331 e. The molecule has 1 unspecified atom stereocenters. The summed E-state index contributed by atoms with van der Waals surface area (Å²) in [5.74, 6) is -0.353. The summed E-state index contributed by atoms with van der Waals surface area (Å²) in [7, 11) is 1.31. The summed E-state index contributed by atoms with van der Waals surface area (Å²) in [5, 5.41) is 0. The van der Waals surface area contributed by atoms with Gasteiger partial charge in [0.05, 0.1) is 13.2 Å². The molecule has 0 saturated carbocycles. The number of likely N-dealkylation sites (tertiary alicyclic amines) is 1. The summed E-state index contributed by atoms with van der Waals surface area (Å²) in [6, 6.07) is -0.256. The second-order valence-corrected chi connectivity index (χ2v) is 4.17. The number of hydrogen-bond acceptors (Lipinski definition) is 5. The van der Waals surface area contributed by atoms with Crippen molar-refractivity contribution in [3.8, 4) is 0 Å². The number of carbonyl (C=O) groups is 3. The van der Waals surface area contributed by atoms with Crippen LogP contribution in [0.15, 0.2) is 0 Å². The topological polar surface area (TPSA) is 72.9 Å². The van der Waals surface area contributed by atoms with Crippen LogP contribution in [0, 0.1) is 0 Å². The number of unbranched alkanes of at least 4 members (excludes halogenated alkanes) is 1. The average Bonchev–Trinajstić information content (AvgIpc) is 2.74. The molecule has 18 heavy (non-hydrogen) atoms. The van der Waals surface area contributed by atoms with Crippen LogP contribution in [0.3, 0.4) is 0 Å². The Balaban J connectivity index is 2.08. The first-order chi connectivity index (χ1) is 8.69. The Morgan fingerprint density at radius 1 is 1.50 bits per heavy atom. The Morgan fingerprint density at radius 2 is 2.28 bits per heavy atom. The molecule has 0 aromatic carbocycles. The van der Waals surface area contributed by atoms with E-state index in [4.69, 9.17) is 4.74 Å². The van der Waals surface area contributed by atoms with E-state index in [9.17, 15) is 14.4 Å². The van der Waals surface area contributed by atoms with Crippen LogP contribution in [0.5, 0.6) is 0 Å². The predicted molar refractivity (Wildman–Crippen MR) is 62.9 cm³/mol. The molecule has 0 N–H and O–H groups in total. The van der Waals surface area contributed by atoms with E-state index in [0.29, 0.717) is 26.0 Å². The molecule has 1 fully saturated rings. The van der Waals surface area contributed by atoms with E-state index in [-0.39, 0.29) is 18.6 Å². The molecule has 1 aliphatic rings. The Hall–Kier alpha value is -1.43. The normalized spacial score (nSPS) is 19.1. The first-order valence-corrected chi connectivity index (χ1v) is 6.08. The molecule has 1 heterocycles. The van der Waals surface area contributed by atoms with Gasteiger partial charge in [-0.3, -0.25) is 4.79 Å². The van der Waals surface area contributed by atoms with E-state index in [1.807, 2.05) is 0 Å². The summed E-state index contributed by atoms with van der Waals surface area (Å²) in [4.78, 5) is 34.6. The highest BCUT2D eigenvalue weighted by molar-refractivity contribution is 5.83. The number of rotatable bonds is 8. The van der Waals surface area contributed by atoms with Gasteiger partial charge in [-0.05, 0) is 19.3 Å². The SMILES string of the molecule is COC(=O)COCCCCN1C(=O)CCC1C=O. The van der Waals surface area contributed by atoms with Gasteiger partial charge in [0.2, 0.25) is 5.91 Å². The molecule has 1 amide bonds. The van der Waals surface area contributed by atoms with E-state index in [1.165, 1.54) is 7.11 Å². The van der Waals surface area contributed by atoms with Crippen molar-refractivity contribution in [3.05, 3.63) is 0 Å². The highest BCUT2D eigenvalue weighted by Gasteiger charge is 2.29. The summed E-state index contributed by atoms with van der Waals surface area (Å²) < 4.78 is 9.51. The van der Waals surface area contributed by atoms with Crippen LogP contribution in [0.1, 0.15) is 25.7 Å². The largest absolute Gasteiger partial charge is 0.467 e. The second-order valence-electron chi connectivity index (χ2n) is 4.17. The summed E-state index contributed by atoms with van der Waals surface area (Å²) in [6.45, 7) is 0.975. The molecule has 6 heteroatoms. The average molecular weight is 257 g/mol. The number of ether oxygens (including phenoxy) is 2. The Morgan fingerprint density at radius 3 is 2.94 bits per heavy atom. The fraction of sp³-hybridized carbons (Fsp3) is 0.750. The lowest BCUT2D eigenvalue weighted by Gasteiger charge is -2.20. The standard InChI is InChI=1S/C12H19NO5/c1-17-12(16)9-18-7-3-2-6-13-10(8-14)4-5-11(13)15/h8,10H,2-7,9H2,1H3. The molecule has 1 atom stereocenters. The fourth-order valence-corrected chi connectivity index (χ4v) is 1.89. The Kier molecular flexibility index (Phi) is 6.35. The van der Waals surface area contributed by atoms with Crippen molar-refractivity contribution in [2.75, 3.05) is 26.9 Å². The van der Waals surface area contributed by atoms with Crippen molar-refractivity contribution in [2.24, 2.45) is 0 Å². The zero-order chi connectivity index (χ0) is 13.4. The summed E-state index contributed by atoms with van der Waals surface area (Å²) in [5.41, 5.74) is 0. The van der Waals surface area contributed by atoms with E-state index < -0.39 is 5.97 Å². The van der Waals surface area contributed by atoms with Gasteiger partial charge in [0.25, 0.3) is 0 Å². The zero-order valence-corrected chi connectivity index (χ0v) is 10.6. The molecule has 102 valence electrons. The molecule has 0 aromatic rings. The third kappa shape index (κ3) is 4.44. The molecule has 0 aliphatic carbocycles. The molecule has 0 spiro atoms. The van der Waals surface area contributed by atoms with Crippen LogP contribution in [0.2, 0.25) is 0 Å². The van der Waals surface area contributed by atoms with Crippen LogP contribution in [0.25, 0.3) is 0 Å². The van der Waals surface area contributed by atoms with Crippen molar-refractivity contribution >= 4 is 18.2 Å². The van der Waals surface area contributed by atoms with Crippen molar-refractivity contribution in [3.63, 3.8) is 0 Å². The molecule has 6 nitrogen and oxygen atoms in total. The van der Waals surface area contributed by atoms with Gasteiger partial charge in [-0.15, -0.1) is 0 Å². The van der Waals surface area contributed by atoms with Crippen LogP contribution < -0.4 is 0 Å². The van der Waals surface area contributed by atoms with Gasteiger partial charge < -0.3 is 19.2 Å². The first-order valence-electron chi connectivity index (χ1n) is 6.08. The van der Waals surface area contributed by atoms with Gasteiger partial charge in [-0.2, -0.15) is 0 Å². The molecular weight excluding hydrogens is 238 g/mol. The molecule has 1 rings (SSSR count). The van der Waals surface area contributed by atoms with Gasteiger partial charge in [0.1, 0.15) is 12.9 Å². The van der Waals surface area contributed by atoms with Gasteiger partial charge in [0.15, 0.2) is 0 Å². The van der Waals surface area contributed by atoms with Gasteiger partial charge >= 0.3 is 5.97 Å². The van der Waals surface area contributed by atoms with Crippen molar-refractivity contribution in [1.29, 1.82) is 0 Å². The molecule has 0 radical (unpaired) electrons. The van der Waals surface area contributed by atoms with Crippen LogP contribution in [-0.2, 0) is 23.9 Å². The number of nitrogens with zero attached hydrogens (tertiary/aromatic N) is 1. The Bertz CT molecular complexity index is 305. The van der Waals surface area contributed by atoms with Crippen molar-refractivity contribution < 1.29 is 23.9 Å². The number of amides is 1. The third-order valence-electron chi connectivity index (χ3n) is 2.92. The number of aldehydes is 1. The maximum atomic E-state index is 11.5. The first kappa shape index (κ1) is 14.6. The van der Waals surface area contributed by atoms with Crippen molar-refractivity contribution in [2.45, 2.75) is 31.7 Å². The number of esters is 1. The molecule has 1 aliphatic heterocycles. The highest BCUT2D eigenvalue weighted by Crippen LogP contribution is 2.17. The van der Waals surface area contributed by atoms with E-state index in [2.05, 4.69) is 4.74 Å². The predicted octanol–water partition coefficient (Wildman–Crippen LogP) is 0.146. The van der Waals surface area contributed by atoms with E-state index in [1.54, 1.807) is 4.90 Å². The lowest BCUT2D eigenvalue weighted by molar-refractivity contribution is -0.145. The Labute approximate surface area is 106 Å². The molecule has 1 saturated heterocycles. The second kappa shape index (κ2) is 7.81. The number of methoxy groups -OCH3 is 1. The highest BCUT2D eigenvalue weighted by atomic mass is 16.6. The zero-order valence-electron chi connectivity index (χ0n) is 10.6. The van der Waals surface area contributed by atoms with E-state index in [0.717, 1.165) is 19.1 Å². The number of carbonyl (C=O) groups excluding carboxylic acids is 3.